The molecule has 2 aliphatic carbocycles. The first-order chi connectivity index (χ1) is 16.4. The van der Waals surface area contributed by atoms with Crippen molar-refractivity contribution in [1.29, 1.82) is 0 Å². The molecule has 2 N–H and O–H groups in total. The second kappa shape index (κ2) is 7.62. The van der Waals surface area contributed by atoms with Crippen molar-refractivity contribution < 1.29 is 24.2 Å². The first-order valence-corrected chi connectivity index (χ1v) is 12.4. The molecule has 1 aromatic carbocycles. The second-order valence-corrected chi connectivity index (χ2v) is 10.3. The number of amides is 1. The van der Waals surface area contributed by atoms with Gasteiger partial charge in [0.2, 0.25) is 5.91 Å². The van der Waals surface area contributed by atoms with Crippen LogP contribution in [0.15, 0.2) is 41.2 Å². The maximum atomic E-state index is 13.1. The molecule has 180 valence electrons. The third-order valence-electron chi connectivity index (χ3n) is 8.86. The summed E-state index contributed by atoms with van der Waals surface area (Å²) in [6.07, 6.45) is 9.85. The zero-order valence-corrected chi connectivity index (χ0v) is 19.7. The van der Waals surface area contributed by atoms with E-state index in [-0.39, 0.29) is 23.7 Å². The summed E-state index contributed by atoms with van der Waals surface area (Å²) < 4.78 is 11.6. The Morgan fingerprint density at radius 2 is 2.18 bits per heavy atom. The summed E-state index contributed by atoms with van der Waals surface area (Å²) in [7, 11) is 1.81. The zero-order chi connectivity index (χ0) is 23.7. The molecule has 0 unspecified atom stereocenters. The van der Waals surface area contributed by atoms with Gasteiger partial charge in [0, 0.05) is 30.3 Å². The van der Waals surface area contributed by atoms with Crippen LogP contribution in [-0.4, -0.2) is 69.8 Å². The Bertz CT molecular complexity index is 1140. The number of aliphatic hydroxyl groups is 1. The van der Waals surface area contributed by atoms with Crippen LogP contribution in [0.5, 0.6) is 11.5 Å². The lowest BCUT2D eigenvalue weighted by Gasteiger charge is -2.64. The molecule has 34 heavy (non-hydrogen) atoms. The highest BCUT2D eigenvalue weighted by Gasteiger charge is 2.73. The predicted octanol–water partition coefficient (Wildman–Crippen LogP) is 3.09. The molecule has 2 aromatic rings. The molecule has 1 amide bonds. The van der Waals surface area contributed by atoms with Crippen molar-refractivity contribution >= 4 is 12.0 Å². The van der Waals surface area contributed by atoms with Gasteiger partial charge in [-0.05, 0) is 69.0 Å². The number of aromatic hydroxyl groups is 1. The van der Waals surface area contributed by atoms with Gasteiger partial charge in [0.15, 0.2) is 11.5 Å². The number of ether oxygens (including phenoxy) is 1. The van der Waals surface area contributed by atoms with Gasteiger partial charge in [-0.25, -0.2) is 0 Å². The lowest BCUT2D eigenvalue weighted by Crippen LogP contribution is -2.78. The van der Waals surface area contributed by atoms with Crippen molar-refractivity contribution in [3.8, 4) is 11.5 Å². The number of rotatable bonds is 5. The summed E-state index contributed by atoms with van der Waals surface area (Å²) in [4.78, 5) is 17.3. The number of likely N-dealkylation sites (tertiary alicyclic amines) is 1. The molecule has 1 saturated heterocycles. The van der Waals surface area contributed by atoms with Crippen LogP contribution >= 0.6 is 0 Å². The monoisotopic (exact) mass is 464 g/mol. The van der Waals surface area contributed by atoms with Crippen LogP contribution in [0.4, 0.5) is 0 Å². The average molecular weight is 465 g/mol. The van der Waals surface area contributed by atoms with Crippen LogP contribution in [0.2, 0.25) is 0 Å². The summed E-state index contributed by atoms with van der Waals surface area (Å²) in [5.41, 5.74) is 1.38. The van der Waals surface area contributed by atoms with Gasteiger partial charge >= 0.3 is 0 Å². The van der Waals surface area contributed by atoms with Crippen LogP contribution in [0.1, 0.15) is 49.3 Å². The van der Waals surface area contributed by atoms with Gasteiger partial charge in [0.25, 0.3) is 0 Å². The topological polar surface area (TPSA) is 86.4 Å². The minimum absolute atomic E-state index is 0.0123. The summed E-state index contributed by atoms with van der Waals surface area (Å²) in [6.45, 7) is 4.01. The Balaban J connectivity index is 1.41. The highest BCUT2D eigenvalue weighted by Crippen LogP contribution is 2.65. The largest absolute Gasteiger partial charge is 0.504 e. The highest BCUT2D eigenvalue weighted by atomic mass is 16.5. The van der Waals surface area contributed by atoms with E-state index in [1.807, 2.05) is 13.1 Å². The van der Waals surface area contributed by atoms with Crippen molar-refractivity contribution in [2.45, 2.75) is 68.2 Å². The Morgan fingerprint density at radius 3 is 2.94 bits per heavy atom. The molecule has 2 bridgehead atoms. The lowest BCUT2D eigenvalue weighted by molar-refractivity contribution is -0.199. The second-order valence-electron chi connectivity index (χ2n) is 10.3. The Kier molecular flexibility index (Phi) is 4.87. The minimum atomic E-state index is -0.954. The first-order valence-electron chi connectivity index (χ1n) is 12.4. The standard InChI is InChI=1S/C27H32N2O5/c1-3-12-29-13-11-26-23-18-5-6-20(30)24(23)34-25(26)19(8-10-27(26,32)21(29)15-18)28(2)22(31)7-4-17-9-14-33-16-17/h4-7,9,14,16,19,21,25,30,32H,3,8,10-13,15H2,1-2H3/b7-4+/t19-,21+,25+,26+,27-/m1/s1. The minimum Gasteiger partial charge on any atom is -0.504 e. The van der Waals surface area contributed by atoms with Crippen LogP contribution in [-0.2, 0) is 16.6 Å². The van der Waals surface area contributed by atoms with Crippen molar-refractivity contribution in [3.05, 3.63) is 53.5 Å². The van der Waals surface area contributed by atoms with Crippen molar-refractivity contribution in [2.24, 2.45) is 0 Å². The molecule has 7 nitrogen and oxygen atoms in total. The summed E-state index contributed by atoms with van der Waals surface area (Å²) in [6, 6.07) is 5.31. The molecule has 2 fully saturated rings. The van der Waals surface area contributed by atoms with Gasteiger partial charge < -0.3 is 24.3 Å². The van der Waals surface area contributed by atoms with Crippen LogP contribution in [0, 0.1) is 0 Å². The molecule has 6 rings (SSSR count). The number of hydrogen-bond acceptors (Lipinski definition) is 6. The maximum Gasteiger partial charge on any atom is 0.246 e. The first kappa shape index (κ1) is 21.7. The number of hydrogen-bond donors (Lipinski definition) is 2. The number of phenols is 1. The third-order valence-corrected chi connectivity index (χ3v) is 8.86. The van der Waals surface area contributed by atoms with E-state index in [4.69, 9.17) is 9.15 Å². The lowest BCUT2D eigenvalue weighted by atomic mass is 9.48. The van der Waals surface area contributed by atoms with E-state index in [1.54, 1.807) is 41.7 Å². The third kappa shape index (κ3) is 2.74. The summed E-state index contributed by atoms with van der Waals surface area (Å²) >= 11 is 0. The number of carbonyl (C=O) groups is 1. The Hall–Kier alpha value is -2.77. The van der Waals surface area contributed by atoms with E-state index in [1.165, 1.54) is 0 Å². The smallest absolute Gasteiger partial charge is 0.246 e. The van der Waals surface area contributed by atoms with E-state index in [2.05, 4.69) is 11.8 Å². The molecule has 4 aliphatic rings. The van der Waals surface area contributed by atoms with Crippen molar-refractivity contribution in [3.63, 3.8) is 0 Å². The van der Waals surface area contributed by atoms with Crippen molar-refractivity contribution in [1.82, 2.24) is 9.80 Å². The number of piperidine rings is 1. The molecule has 0 radical (unpaired) electrons. The number of phenolic OH excluding ortho intramolecular Hbond substituents is 1. The van der Waals surface area contributed by atoms with Gasteiger partial charge in [0.05, 0.1) is 29.6 Å². The number of furan rings is 1. The summed E-state index contributed by atoms with van der Waals surface area (Å²) in [5.74, 6) is 0.504. The molecule has 1 saturated carbocycles. The molecule has 1 spiro atoms. The van der Waals surface area contributed by atoms with Crippen LogP contribution < -0.4 is 4.74 Å². The van der Waals surface area contributed by atoms with Crippen molar-refractivity contribution in [2.75, 3.05) is 20.1 Å². The van der Waals surface area contributed by atoms with Crippen LogP contribution in [0.3, 0.4) is 0 Å². The van der Waals surface area contributed by atoms with Crippen LogP contribution in [0.25, 0.3) is 6.08 Å². The van der Waals surface area contributed by atoms with Gasteiger partial charge in [-0.2, -0.15) is 0 Å². The predicted molar refractivity (Wildman–Crippen MR) is 127 cm³/mol. The van der Waals surface area contributed by atoms with Gasteiger partial charge in [-0.3, -0.25) is 9.69 Å². The number of nitrogens with zero attached hydrogens (tertiary/aromatic N) is 2. The Morgan fingerprint density at radius 1 is 1.32 bits per heavy atom. The average Bonchev–Trinajstić information content (AvgIpc) is 3.46. The molecule has 2 aliphatic heterocycles. The van der Waals surface area contributed by atoms with E-state index >= 15 is 0 Å². The molecule has 7 heteroatoms. The highest BCUT2D eigenvalue weighted by molar-refractivity contribution is 5.91. The number of carbonyl (C=O) groups excluding carboxylic acids is 1. The molecule has 5 atom stereocenters. The molecule has 1 aromatic heterocycles. The fourth-order valence-electron chi connectivity index (χ4n) is 7.37. The number of likely N-dealkylation sites (N-methyl/N-ethyl adjacent to an activating group) is 1. The normalized spacial score (nSPS) is 33.6. The SMILES string of the molecule is CCCN1CC[C@]23c4c5ccc(O)c4O[C@H]2[C@H](N(C)C(=O)/C=C/c2ccoc2)CC[C@@]3(O)[C@@H]1C5. The Labute approximate surface area is 199 Å². The van der Waals surface area contributed by atoms with E-state index in [0.717, 1.165) is 49.0 Å². The molecular formula is C27H32N2O5. The van der Waals surface area contributed by atoms with E-state index < -0.39 is 17.1 Å². The van der Waals surface area contributed by atoms with Gasteiger partial charge in [-0.1, -0.05) is 13.0 Å². The van der Waals surface area contributed by atoms with E-state index in [0.29, 0.717) is 18.6 Å². The molecular weight excluding hydrogens is 432 g/mol. The summed E-state index contributed by atoms with van der Waals surface area (Å²) in [5, 5.41) is 23.2. The number of benzene rings is 1. The van der Waals surface area contributed by atoms with Gasteiger partial charge in [-0.15, -0.1) is 0 Å². The van der Waals surface area contributed by atoms with E-state index in [9.17, 15) is 15.0 Å². The maximum absolute atomic E-state index is 13.1. The molecule has 3 heterocycles. The zero-order valence-electron chi connectivity index (χ0n) is 19.7. The fraction of sp³-hybridized carbons (Fsp3) is 0.519. The van der Waals surface area contributed by atoms with Gasteiger partial charge in [0.1, 0.15) is 6.10 Å². The quantitative estimate of drug-likeness (QED) is 0.662. The fourth-order valence-corrected chi connectivity index (χ4v) is 7.37.